The van der Waals surface area contributed by atoms with E-state index in [4.69, 9.17) is 9.47 Å². The van der Waals surface area contributed by atoms with Gasteiger partial charge in [0.15, 0.2) is 0 Å². The first-order chi connectivity index (χ1) is 17.3. The summed E-state index contributed by atoms with van der Waals surface area (Å²) in [5.74, 6) is -0.0326. The van der Waals surface area contributed by atoms with Crippen molar-refractivity contribution in [1.82, 2.24) is 9.88 Å². The largest absolute Gasteiger partial charge is 0.507 e. The lowest BCUT2D eigenvalue weighted by atomic mass is 9.93. The van der Waals surface area contributed by atoms with Gasteiger partial charge < -0.3 is 19.5 Å². The molecule has 1 N–H and O–H groups in total. The van der Waals surface area contributed by atoms with Crippen molar-refractivity contribution in [3.8, 4) is 11.5 Å². The van der Waals surface area contributed by atoms with Gasteiger partial charge in [-0.1, -0.05) is 26.0 Å². The number of amides is 1. The third kappa shape index (κ3) is 4.82. The van der Waals surface area contributed by atoms with E-state index in [2.05, 4.69) is 4.98 Å². The predicted octanol–water partition coefficient (Wildman–Crippen LogP) is 5.23. The number of aliphatic hydroxyl groups excluding tert-OH is 1. The summed E-state index contributed by atoms with van der Waals surface area (Å²) in [7, 11) is 1.59. The van der Waals surface area contributed by atoms with Crippen LogP contribution in [0.4, 0.5) is 0 Å². The van der Waals surface area contributed by atoms with Gasteiger partial charge >= 0.3 is 0 Å². The maximum absolute atomic E-state index is 13.3. The number of hydrogen-bond donors (Lipinski definition) is 1. The molecule has 186 valence electrons. The second-order valence-electron chi connectivity index (χ2n) is 8.90. The van der Waals surface area contributed by atoms with Crippen LogP contribution in [0.5, 0.6) is 11.5 Å². The van der Waals surface area contributed by atoms with Gasteiger partial charge in [-0.2, -0.15) is 0 Å². The molecule has 1 unspecified atom stereocenters. The minimum Gasteiger partial charge on any atom is -0.507 e. The van der Waals surface area contributed by atoms with E-state index >= 15 is 0 Å². The zero-order valence-electron chi connectivity index (χ0n) is 20.9. The van der Waals surface area contributed by atoms with E-state index < -0.39 is 17.7 Å². The number of ether oxygens (including phenoxy) is 2. The third-order valence-electron chi connectivity index (χ3n) is 6.28. The fourth-order valence-corrected chi connectivity index (χ4v) is 4.45. The molecule has 4 rings (SSSR count). The summed E-state index contributed by atoms with van der Waals surface area (Å²) in [5.41, 5.74) is 2.95. The zero-order valence-corrected chi connectivity index (χ0v) is 20.9. The van der Waals surface area contributed by atoms with Crippen LogP contribution in [-0.4, -0.2) is 40.4 Å². The highest BCUT2D eigenvalue weighted by molar-refractivity contribution is 6.46. The Labute approximate surface area is 211 Å². The Morgan fingerprint density at radius 2 is 1.75 bits per heavy atom. The summed E-state index contributed by atoms with van der Waals surface area (Å²) in [6, 6.07) is 15.4. The lowest BCUT2D eigenvalue weighted by molar-refractivity contribution is -0.140. The topological polar surface area (TPSA) is 89.0 Å². The van der Waals surface area contributed by atoms with Crippen molar-refractivity contribution < 1.29 is 24.2 Å². The highest BCUT2D eigenvalue weighted by Crippen LogP contribution is 2.41. The minimum atomic E-state index is -0.760. The summed E-state index contributed by atoms with van der Waals surface area (Å²) in [4.78, 5) is 32.1. The van der Waals surface area contributed by atoms with E-state index in [9.17, 15) is 14.7 Å². The molecule has 7 nitrogen and oxygen atoms in total. The molecule has 1 saturated heterocycles. The molecular weight excluding hydrogens is 456 g/mol. The van der Waals surface area contributed by atoms with E-state index in [0.717, 1.165) is 16.9 Å². The average molecular weight is 487 g/mol. The Balaban J connectivity index is 1.82. The van der Waals surface area contributed by atoms with Crippen molar-refractivity contribution >= 4 is 17.4 Å². The molecule has 2 aromatic carbocycles. The summed E-state index contributed by atoms with van der Waals surface area (Å²) in [5, 5.41) is 11.4. The predicted molar refractivity (Wildman–Crippen MR) is 137 cm³/mol. The quantitative estimate of drug-likeness (QED) is 0.266. The molecule has 1 aromatic heterocycles. The maximum Gasteiger partial charge on any atom is 0.295 e. The molecule has 0 bridgehead atoms. The number of methoxy groups -OCH3 is 1. The molecule has 0 saturated carbocycles. The van der Waals surface area contributed by atoms with Crippen molar-refractivity contribution in [2.75, 3.05) is 13.7 Å². The number of Topliss-reactive ketones (excluding diaryl/α,β-unsaturated/α-hetero) is 1. The molecule has 36 heavy (non-hydrogen) atoms. The Morgan fingerprint density at radius 3 is 2.36 bits per heavy atom. The molecule has 0 spiro atoms. The Bertz CT molecular complexity index is 1280. The van der Waals surface area contributed by atoms with Gasteiger partial charge in [0.1, 0.15) is 17.3 Å². The summed E-state index contributed by atoms with van der Waals surface area (Å²) >= 11 is 0. The van der Waals surface area contributed by atoms with Crippen LogP contribution in [0.15, 0.2) is 72.6 Å². The molecule has 1 aliphatic rings. The van der Waals surface area contributed by atoms with Crippen LogP contribution in [-0.2, 0) is 16.1 Å². The first-order valence-corrected chi connectivity index (χ1v) is 11.9. The summed E-state index contributed by atoms with van der Waals surface area (Å²) in [6.45, 7) is 6.69. The molecule has 2 heterocycles. The van der Waals surface area contributed by atoms with Crippen molar-refractivity contribution in [2.24, 2.45) is 0 Å². The molecule has 1 aliphatic heterocycles. The number of aromatic nitrogens is 1. The fourth-order valence-electron chi connectivity index (χ4n) is 4.45. The molecule has 1 fully saturated rings. The normalized spacial score (nSPS) is 17.0. The number of aliphatic hydroxyl groups is 1. The van der Waals surface area contributed by atoms with Gasteiger partial charge in [-0.05, 0) is 72.0 Å². The molecule has 0 radical (unpaired) electrons. The number of pyridine rings is 1. The smallest absolute Gasteiger partial charge is 0.295 e. The molecule has 1 atom stereocenters. The summed E-state index contributed by atoms with van der Waals surface area (Å²) < 4.78 is 11.0. The van der Waals surface area contributed by atoms with E-state index in [0.29, 0.717) is 23.5 Å². The third-order valence-corrected chi connectivity index (χ3v) is 6.28. The molecule has 7 heteroatoms. The number of carbonyl (C=O) groups is 2. The number of hydrogen-bond acceptors (Lipinski definition) is 6. The highest BCUT2D eigenvalue weighted by atomic mass is 16.5. The van der Waals surface area contributed by atoms with Crippen LogP contribution >= 0.6 is 0 Å². The molecular formula is C29H30N2O5. The fraction of sp³-hybridized carbons (Fsp3) is 0.276. The first-order valence-electron chi connectivity index (χ1n) is 11.9. The van der Waals surface area contributed by atoms with Gasteiger partial charge in [0.05, 0.1) is 25.3 Å². The maximum atomic E-state index is 13.3. The number of rotatable bonds is 8. The molecule has 1 amide bonds. The number of likely N-dealkylation sites (tertiary alicyclic amines) is 1. The number of carbonyl (C=O) groups excluding carboxylic acids is 2. The second kappa shape index (κ2) is 10.6. The van der Waals surface area contributed by atoms with Crippen molar-refractivity contribution in [3.63, 3.8) is 0 Å². The van der Waals surface area contributed by atoms with E-state index in [1.165, 1.54) is 4.90 Å². The minimum absolute atomic E-state index is 0.0542. The number of benzene rings is 2. The van der Waals surface area contributed by atoms with Gasteiger partial charge in [0.2, 0.25) is 0 Å². The monoisotopic (exact) mass is 486 g/mol. The van der Waals surface area contributed by atoms with Crippen LogP contribution in [0.1, 0.15) is 55.0 Å². The van der Waals surface area contributed by atoms with E-state index in [1.807, 2.05) is 39.0 Å². The second-order valence-corrected chi connectivity index (χ2v) is 8.90. The van der Waals surface area contributed by atoms with Crippen molar-refractivity contribution in [3.05, 3.63) is 94.8 Å². The van der Waals surface area contributed by atoms with Crippen LogP contribution in [0.25, 0.3) is 5.76 Å². The van der Waals surface area contributed by atoms with Crippen LogP contribution in [0.2, 0.25) is 0 Å². The lowest BCUT2D eigenvalue weighted by Gasteiger charge is -2.25. The average Bonchev–Trinajstić information content (AvgIpc) is 3.14. The van der Waals surface area contributed by atoms with Gasteiger partial charge in [-0.25, -0.2) is 0 Å². The van der Waals surface area contributed by atoms with Gasteiger partial charge in [0, 0.05) is 24.5 Å². The Hall–Kier alpha value is -4.13. The van der Waals surface area contributed by atoms with Crippen molar-refractivity contribution in [2.45, 2.75) is 39.3 Å². The molecule has 0 aliphatic carbocycles. The Kier molecular flexibility index (Phi) is 7.38. The van der Waals surface area contributed by atoms with Gasteiger partial charge in [0.25, 0.3) is 11.7 Å². The highest BCUT2D eigenvalue weighted by Gasteiger charge is 2.46. The van der Waals surface area contributed by atoms with Crippen LogP contribution in [0, 0.1) is 0 Å². The first kappa shape index (κ1) is 25.0. The standard InChI is InChI=1S/C29H30N2O5/c1-5-36-24-11-8-21(16-23(24)18(2)3)27(32)25-26(20-12-14-30-15-13-20)31(29(34)28(25)33)17-19-6-9-22(35-4)10-7-19/h6-16,18,26,32H,5,17H2,1-4H3/b27-25-. The van der Waals surface area contributed by atoms with Crippen molar-refractivity contribution in [1.29, 1.82) is 0 Å². The SMILES string of the molecule is CCOc1ccc(/C(O)=C2/C(=O)C(=O)N(Cc3ccc(OC)cc3)C2c2ccncc2)cc1C(C)C. The van der Waals surface area contributed by atoms with Gasteiger partial charge in [-0.3, -0.25) is 14.6 Å². The van der Waals surface area contributed by atoms with E-state index in [1.54, 1.807) is 55.9 Å². The van der Waals surface area contributed by atoms with E-state index in [-0.39, 0.29) is 23.8 Å². The van der Waals surface area contributed by atoms with Gasteiger partial charge in [-0.15, -0.1) is 0 Å². The lowest BCUT2D eigenvalue weighted by Crippen LogP contribution is -2.29. The number of nitrogens with zero attached hydrogens (tertiary/aromatic N) is 2. The number of ketones is 1. The summed E-state index contributed by atoms with van der Waals surface area (Å²) in [6.07, 6.45) is 3.22. The zero-order chi connectivity index (χ0) is 25.8. The Morgan fingerprint density at radius 1 is 1.06 bits per heavy atom. The molecule has 3 aromatic rings. The van der Waals surface area contributed by atoms with Crippen LogP contribution < -0.4 is 9.47 Å². The van der Waals surface area contributed by atoms with Crippen LogP contribution in [0.3, 0.4) is 0 Å².